The molecule has 0 saturated carbocycles. The number of hydrogen-bond acceptors (Lipinski definition) is 6. The van der Waals surface area contributed by atoms with E-state index in [-0.39, 0.29) is 0 Å². The van der Waals surface area contributed by atoms with E-state index in [1.807, 2.05) is 66.7 Å². The third-order valence-corrected chi connectivity index (χ3v) is 5.79. The van der Waals surface area contributed by atoms with Gasteiger partial charge in [-0.05, 0) is 53.6 Å². The van der Waals surface area contributed by atoms with Gasteiger partial charge in [-0.1, -0.05) is 59.2 Å². The van der Waals surface area contributed by atoms with Gasteiger partial charge in [0.2, 0.25) is 5.89 Å². The van der Waals surface area contributed by atoms with E-state index in [1.54, 1.807) is 7.11 Å². The van der Waals surface area contributed by atoms with Crippen LogP contribution in [0.2, 0.25) is 10.0 Å². The largest absolute Gasteiger partial charge is 0.493 e. The van der Waals surface area contributed by atoms with Crippen LogP contribution in [0.4, 0.5) is 0 Å². The summed E-state index contributed by atoms with van der Waals surface area (Å²) in [4.78, 5) is 0. The average Bonchev–Trinajstić information content (AvgIpc) is 3.27. The molecule has 0 bridgehead atoms. The predicted octanol–water partition coefficient (Wildman–Crippen LogP) is 6.92. The molecule has 4 aromatic rings. The van der Waals surface area contributed by atoms with Gasteiger partial charge in [-0.3, -0.25) is 0 Å². The molecule has 0 spiro atoms. The van der Waals surface area contributed by atoms with Crippen LogP contribution in [0.5, 0.6) is 11.5 Å². The van der Waals surface area contributed by atoms with Gasteiger partial charge >= 0.3 is 0 Å². The first-order valence-electron chi connectivity index (χ1n) is 9.37. The molecule has 0 N–H and O–H groups in total. The van der Waals surface area contributed by atoms with Crippen LogP contribution in [0.3, 0.4) is 0 Å². The smallest absolute Gasteiger partial charge is 0.277 e. The summed E-state index contributed by atoms with van der Waals surface area (Å²) in [5.74, 6) is 2.33. The Morgan fingerprint density at radius 3 is 2.19 bits per heavy atom. The second kappa shape index (κ2) is 10.1. The van der Waals surface area contributed by atoms with Crippen LogP contribution < -0.4 is 9.47 Å². The average molecular weight is 473 g/mol. The lowest BCUT2D eigenvalue weighted by atomic mass is 10.2. The summed E-state index contributed by atoms with van der Waals surface area (Å²) in [5, 5.41) is 10.2. The number of nitrogens with zero attached hydrogens (tertiary/aromatic N) is 2. The Labute approximate surface area is 194 Å². The lowest BCUT2D eigenvalue weighted by Crippen LogP contribution is -1.98. The molecule has 5 nitrogen and oxygen atoms in total. The van der Waals surface area contributed by atoms with Crippen molar-refractivity contribution in [3.8, 4) is 23.0 Å². The third-order valence-electron chi connectivity index (χ3n) is 4.40. The lowest BCUT2D eigenvalue weighted by Gasteiger charge is -2.11. The van der Waals surface area contributed by atoms with Crippen LogP contribution in [0.15, 0.2) is 76.4 Å². The molecule has 0 unspecified atom stereocenters. The second-order valence-electron chi connectivity index (χ2n) is 6.57. The first-order valence-corrected chi connectivity index (χ1v) is 11.1. The molecular weight excluding hydrogens is 455 g/mol. The van der Waals surface area contributed by atoms with Crippen molar-refractivity contribution in [2.24, 2.45) is 0 Å². The van der Waals surface area contributed by atoms with Crippen molar-refractivity contribution in [1.82, 2.24) is 10.2 Å². The van der Waals surface area contributed by atoms with Crippen LogP contribution in [0.1, 0.15) is 11.1 Å². The van der Waals surface area contributed by atoms with Crippen LogP contribution in [0.25, 0.3) is 11.5 Å². The molecule has 8 heteroatoms. The van der Waals surface area contributed by atoms with Crippen molar-refractivity contribution >= 4 is 35.0 Å². The van der Waals surface area contributed by atoms with Crippen LogP contribution in [0, 0.1) is 0 Å². The number of hydrogen-bond donors (Lipinski definition) is 0. The van der Waals surface area contributed by atoms with Gasteiger partial charge in [0.25, 0.3) is 5.22 Å². The van der Waals surface area contributed by atoms with Crippen molar-refractivity contribution in [1.29, 1.82) is 0 Å². The first-order chi connectivity index (χ1) is 15.1. The van der Waals surface area contributed by atoms with Crippen LogP contribution >= 0.6 is 35.0 Å². The van der Waals surface area contributed by atoms with Gasteiger partial charge in [-0.2, -0.15) is 0 Å². The summed E-state index contributed by atoms with van der Waals surface area (Å²) in [5.41, 5.74) is 2.88. The molecule has 1 aromatic heterocycles. The summed E-state index contributed by atoms with van der Waals surface area (Å²) >= 11 is 13.3. The molecule has 0 aliphatic rings. The molecule has 1 heterocycles. The fraction of sp³-hybridized carbons (Fsp3) is 0.130. The molecule has 0 aliphatic heterocycles. The van der Waals surface area contributed by atoms with Gasteiger partial charge in [-0.25, -0.2) is 0 Å². The van der Waals surface area contributed by atoms with E-state index in [2.05, 4.69) is 10.2 Å². The first kappa shape index (κ1) is 21.6. The number of thioether (sulfide) groups is 1. The zero-order valence-electron chi connectivity index (χ0n) is 16.5. The summed E-state index contributed by atoms with van der Waals surface area (Å²) in [6, 6.07) is 20.7. The minimum absolute atomic E-state index is 0.402. The highest BCUT2D eigenvalue weighted by atomic mass is 35.5. The minimum Gasteiger partial charge on any atom is -0.493 e. The molecular formula is C23H18Cl2N2O3S. The Morgan fingerprint density at radius 1 is 0.839 bits per heavy atom. The molecule has 0 radical (unpaired) electrons. The van der Waals surface area contributed by atoms with Gasteiger partial charge in [-0.15, -0.1) is 10.2 Å². The summed E-state index contributed by atoms with van der Waals surface area (Å²) in [6.07, 6.45) is 0. The number of benzene rings is 3. The Bertz CT molecular complexity index is 1150. The standard InChI is InChI=1S/C23H18Cl2N2O3S/c1-28-21-12-17(6-11-20(21)29-13-15-2-7-18(24)8-3-15)22-26-27-23(30-22)31-14-16-4-9-19(25)10-5-16/h2-12H,13-14H2,1H3. The van der Waals surface area contributed by atoms with Gasteiger partial charge in [0.15, 0.2) is 11.5 Å². The molecule has 158 valence electrons. The van der Waals surface area contributed by atoms with E-state index in [0.717, 1.165) is 16.7 Å². The number of halogens is 2. The topological polar surface area (TPSA) is 57.4 Å². The maximum absolute atomic E-state index is 5.92. The molecule has 0 fully saturated rings. The lowest BCUT2D eigenvalue weighted by molar-refractivity contribution is 0.284. The van der Waals surface area contributed by atoms with Crippen LogP contribution in [-0.2, 0) is 12.4 Å². The number of aromatic nitrogens is 2. The quantitative estimate of drug-likeness (QED) is 0.259. The Hall–Kier alpha value is -2.67. The van der Waals surface area contributed by atoms with E-state index >= 15 is 0 Å². The number of methoxy groups -OCH3 is 1. The molecule has 0 aliphatic carbocycles. The van der Waals surface area contributed by atoms with Crippen molar-refractivity contribution < 1.29 is 13.9 Å². The van der Waals surface area contributed by atoms with Crippen molar-refractivity contribution in [3.05, 3.63) is 87.9 Å². The molecule has 4 rings (SSSR count). The molecule has 0 saturated heterocycles. The summed E-state index contributed by atoms with van der Waals surface area (Å²) < 4.78 is 17.2. The van der Waals surface area contributed by atoms with Gasteiger partial charge < -0.3 is 13.9 Å². The zero-order valence-corrected chi connectivity index (χ0v) is 18.9. The van der Waals surface area contributed by atoms with E-state index in [1.165, 1.54) is 11.8 Å². The van der Waals surface area contributed by atoms with Gasteiger partial charge in [0.1, 0.15) is 6.61 Å². The van der Waals surface area contributed by atoms with Crippen molar-refractivity contribution in [2.45, 2.75) is 17.6 Å². The number of ether oxygens (including phenoxy) is 2. The molecule has 0 amide bonds. The molecule has 3 aromatic carbocycles. The van der Waals surface area contributed by atoms with E-state index < -0.39 is 0 Å². The Morgan fingerprint density at radius 2 is 1.52 bits per heavy atom. The van der Waals surface area contributed by atoms with Crippen molar-refractivity contribution in [2.75, 3.05) is 7.11 Å². The van der Waals surface area contributed by atoms with Crippen LogP contribution in [-0.4, -0.2) is 17.3 Å². The fourth-order valence-corrected chi connectivity index (χ4v) is 3.74. The van der Waals surface area contributed by atoms with Gasteiger partial charge in [0, 0.05) is 21.4 Å². The Balaban J connectivity index is 1.42. The molecule has 31 heavy (non-hydrogen) atoms. The highest BCUT2D eigenvalue weighted by Gasteiger charge is 2.13. The van der Waals surface area contributed by atoms with Gasteiger partial charge in [0.05, 0.1) is 7.11 Å². The Kier molecular flexibility index (Phi) is 7.02. The van der Waals surface area contributed by atoms with E-state index in [0.29, 0.717) is 45.0 Å². The SMILES string of the molecule is COc1cc(-c2nnc(SCc3ccc(Cl)cc3)o2)ccc1OCc1ccc(Cl)cc1. The maximum Gasteiger partial charge on any atom is 0.277 e. The second-order valence-corrected chi connectivity index (χ2v) is 8.37. The molecule has 0 atom stereocenters. The highest BCUT2D eigenvalue weighted by Crippen LogP contribution is 2.34. The third kappa shape index (κ3) is 5.73. The predicted molar refractivity (Wildman–Crippen MR) is 123 cm³/mol. The monoisotopic (exact) mass is 472 g/mol. The van der Waals surface area contributed by atoms with E-state index in [9.17, 15) is 0 Å². The highest BCUT2D eigenvalue weighted by molar-refractivity contribution is 7.98. The van der Waals surface area contributed by atoms with E-state index in [4.69, 9.17) is 37.1 Å². The minimum atomic E-state index is 0.402. The normalized spacial score (nSPS) is 10.8. The van der Waals surface area contributed by atoms with Crippen molar-refractivity contribution in [3.63, 3.8) is 0 Å². The number of rotatable bonds is 8. The maximum atomic E-state index is 5.92. The zero-order chi connectivity index (χ0) is 21.6. The summed E-state index contributed by atoms with van der Waals surface area (Å²) in [6.45, 7) is 0.402. The summed E-state index contributed by atoms with van der Waals surface area (Å²) in [7, 11) is 1.59. The fourth-order valence-electron chi connectivity index (χ4n) is 2.77.